The Morgan fingerprint density at radius 3 is 2.46 bits per heavy atom. The molecule has 0 aromatic carbocycles. The second-order valence-corrected chi connectivity index (χ2v) is 9.11. The van der Waals surface area contributed by atoms with Crippen molar-refractivity contribution in [3.63, 3.8) is 0 Å². The van der Waals surface area contributed by atoms with Crippen molar-refractivity contribution in [2.24, 2.45) is 23.7 Å². The lowest BCUT2D eigenvalue weighted by Crippen LogP contribution is -2.50. The molecular weight excluding hydrogens is 298 g/mol. The van der Waals surface area contributed by atoms with E-state index < -0.39 is 0 Å². The highest BCUT2D eigenvalue weighted by Crippen LogP contribution is 2.41. The van der Waals surface area contributed by atoms with E-state index in [9.17, 15) is 0 Å². The molecule has 3 saturated heterocycles. The van der Waals surface area contributed by atoms with Gasteiger partial charge in [0.05, 0.1) is 18.8 Å². The summed E-state index contributed by atoms with van der Waals surface area (Å²) in [5, 5.41) is 0. The first-order chi connectivity index (χ1) is 11.5. The number of likely N-dealkylation sites (tertiary alicyclic amines) is 1. The van der Waals surface area contributed by atoms with Crippen LogP contribution in [-0.4, -0.2) is 49.5 Å². The molecule has 4 unspecified atom stereocenters. The first kappa shape index (κ1) is 18.7. The molecule has 0 saturated carbocycles. The third-order valence-corrected chi connectivity index (χ3v) is 7.34. The Labute approximate surface area is 149 Å². The normalized spacial score (nSPS) is 36.1. The zero-order valence-electron chi connectivity index (χ0n) is 16.4. The Balaban J connectivity index is 1.53. The average Bonchev–Trinajstić information content (AvgIpc) is 2.82. The number of rotatable bonds is 4. The SMILES string of the molecule is CCC1COC2(CCN(C(C)C3COCCC(C(C)C)C3)CC2)C1. The molecule has 0 radical (unpaired) electrons. The maximum absolute atomic E-state index is 6.28. The fourth-order valence-electron chi connectivity index (χ4n) is 5.17. The first-order valence-electron chi connectivity index (χ1n) is 10.5. The van der Waals surface area contributed by atoms with Gasteiger partial charge in [-0.2, -0.15) is 0 Å². The second kappa shape index (κ2) is 8.05. The van der Waals surface area contributed by atoms with Crippen LogP contribution in [0.25, 0.3) is 0 Å². The summed E-state index contributed by atoms with van der Waals surface area (Å²) >= 11 is 0. The van der Waals surface area contributed by atoms with Crippen molar-refractivity contribution in [1.82, 2.24) is 4.90 Å². The molecular formula is C21H39NO2. The zero-order chi connectivity index (χ0) is 17.2. The van der Waals surface area contributed by atoms with Gasteiger partial charge in [0, 0.05) is 25.7 Å². The number of ether oxygens (including phenoxy) is 2. The van der Waals surface area contributed by atoms with Gasteiger partial charge in [-0.25, -0.2) is 0 Å². The summed E-state index contributed by atoms with van der Waals surface area (Å²) in [5.74, 6) is 3.11. The molecule has 0 aromatic rings. The Morgan fingerprint density at radius 1 is 1.08 bits per heavy atom. The molecule has 3 nitrogen and oxygen atoms in total. The van der Waals surface area contributed by atoms with E-state index in [0.717, 1.165) is 37.6 Å². The van der Waals surface area contributed by atoms with Crippen LogP contribution in [0, 0.1) is 23.7 Å². The van der Waals surface area contributed by atoms with Gasteiger partial charge in [-0.05, 0) is 62.7 Å². The monoisotopic (exact) mass is 337 g/mol. The summed E-state index contributed by atoms with van der Waals surface area (Å²) in [6.07, 6.45) is 7.63. The van der Waals surface area contributed by atoms with Crippen LogP contribution >= 0.6 is 0 Å². The van der Waals surface area contributed by atoms with E-state index in [0.29, 0.717) is 12.0 Å². The summed E-state index contributed by atoms with van der Waals surface area (Å²) in [7, 11) is 0. The van der Waals surface area contributed by atoms with E-state index in [4.69, 9.17) is 9.47 Å². The zero-order valence-corrected chi connectivity index (χ0v) is 16.4. The van der Waals surface area contributed by atoms with Gasteiger partial charge < -0.3 is 14.4 Å². The Kier molecular flexibility index (Phi) is 6.26. The maximum Gasteiger partial charge on any atom is 0.0710 e. The Morgan fingerprint density at radius 2 is 1.83 bits per heavy atom. The summed E-state index contributed by atoms with van der Waals surface area (Å²) in [4.78, 5) is 2.73. The molecule has 140 valence electrons. The number of piperidine rings is 1. The van der Waals surface area contributed by atoms with Crippen LogP contribution in [0.2, 0.25) is 0 Å². The van der Waals surface area contributed by atoms with Crippen molar-refractivity contribution < 1.29 is 9.47 Å². The van der Waals surface area contributed by atoms with Gasteiger partial charge in [0.2, 0.25) is 0 Å². The van der Waals surface area contributed by atoms with Crippen LogP contribution in [0.5, 0.6) is 0 Å². The van der Waals surface area contributed by atoms with Gasteiger partial charge in [-0.15, -0.1) is 0 Å². The topological polar surface area (TPSA) is 21.7 Å². The molecule has 24 heavy (non-hydrogen) atoms. The van der Waals surface area contributed by atoms with Gasteiger partial charge in [-0.1, -0.05) is 27.2 Å². The molecule has 3 aliphatic rings. The quantitative estimate of drug-likeness (QED) is 0.761. The van der Waals surface area contributed by atoms with Crippen molar-refractivity contribution in [2.45, 2.75) is 77.9 Å². The minimum atomic E-state index is 0.220. The molecule has 3 heterocycles. The van der Waals surface area contributed by atoms with Crippen LogP contribution in [0.4, 0.5) is 0 Å². The molecule has 3 fully saturated rings. The Hall–Kier alpha value is -0.120. The van der Waals surface area contributed by atoms with Crippen molar-refractivity contribution in [2.75, 3.05) is 32.9 Å². The highest BCUT2D eigenvalue weighted by atomic mass is 16.5. The predicted molar refractivity (Wildman–Crippen MR) is 99.2 cm³/mol. The maximum atomic E-state index is 6.28. The Bertz CT molecular complexity index is 389. The summed E-state index contributed by atoms with van der Waals surface area (Å²) in [5.41, 5.74) is 0.220. The first-order valence-corrected chi connectivity index (χ1v) is 10.5. The van der Waals surface area contributed by atoms with E-state index in [1.54, 1.807) is 0 Å². The second-order valence-electron chi connectivity index (χ2n) is 9.11. The van der Waals surface area contributed by atoms with E-state index in [2.05, 4.69) is 32.6 Å². The van der Waals surface area contributed by atoms with Gasteiger partial charge in [0.25, 0.3) is 0 Å². The number of hydrogen-bond donors (Lipinski definition) is 0. The average molecular weight is 338 g/mol. The molecule has 3 heteroatoms. The van der Waals surface area contributed by atoms with E-state index >= 15 is 0 Å². The van der Waals surface area contributed by atoms with Crippen LogP contribution in [0.1, 0.15) is 66.2 Å². The molecule has 1 spiro atoms. The lowest BCUT2D eigenvalue weighted by Gasteiger charge is -2.43. The molecule has 0 amide bonds. The molecule has 0 aromatic heterocycles. The summed E-state index contributed by atoms with van der Waals surface area (Å²) in [6.45, 7) is 14.8. The fraction of sp³-hybridized carbons (Fsp3) is 1.00. The standard InChI is InChI=1S/C21H39NO2/c1-5-18-13-21(24-14-18)7-9-22(10-8-21)17(4)20-12-19(16(2)3)6-11-23-15-20/h16-20H,5-15H2,1-4H3. The summed E-state index contributed by atoms with van der Waals surface area (Å²) in [6, 6.07) is 0.644. The van der Waals surface area contributed by atoms with Crippen LogP contribution < -0.4 is 0 Å². The molecule has 3 rings (SSSR count). The van der Waals surface area contributed by atoms with E-state index in [1.165, 1.54) is 51.6 Å². The lowest BCUT2D eigenvalue weighted by atomic mass is 9.80. The van der Waals surface area contributed by atoms with Crippen molar-refractivity contribution in [1.29, 1.82) is 0 Å². The van der Waals surface area contributed by atoms with Crippen molar-refractivity contribution >= 4 is 0 Å². The fourth-order valence-corrected chi connectivity index (χ4v) is 5.17. The van der Waals surface area contributed by atoms with Gasteiger partial charge in [0.15, 0.2) is 0 Å². The minimum absolute atomic E-state index is 0.220. The van der Waals surface area contributed by atoms with E-state index in [1.807, 2.05) is 0 Å². The largest absolute Gasteiger partial charge is 0.381 e. The smallest absolute Gasteiger partial charge is 0.0710 e. The van der Waals surface area contributed by atoms with Crippen molar-refractivity contribution in [3.8, 4) is 0 Å². The molecule has 0 N–H and O–H groups in total. The molecule has 4 atom stereocenters. The van der Waals surface area contributed by atoms with Crippen LogP contribution in [-0.2, 0) is 9.47 Å². The lowest BCUT2D eigenvalue weighted by molar-refractivity contribution is -0.0576. The van der Waals surface area contributed by atoms with Gasteiger partial charge >= 0.3 is 0 Å². The number of nitrogens with zero attached hydrogens (tertiary/aromatic N) is 1. The third kappa shape index (κ3) is 4.16. The van der Waals surface area contributed by atoms with Crippen molar-refractivity contribution in [3.05, 3.63) is 0 Å². The minimum Gasteiger partial charge on any atom is -0.381 e. The van der Waals surface area contributed by atoms with Gasteiger partial charge in [-0.3, -0.25) is 0 Å². The molecule has 0 bridgehead atoms. The molecule has 0 aliphatic carbocycles. The van der Waals surface area contributed by atoms with E-state index in [-0.39, 0.29) is 5.60 Å². The van der Waals surface area contributed by atoms with Crippen LogP contribution in [0.3, 0.4) is 0 Å². The summed E-state index contributed by atoms with van der Waals surface area (Å²) < 4.78 is 12.2. The highest BCUT2D eigenvalue weighted by Gasteiger charge is 2.43. The van der Waals surface area contributed by atoms with Crippen LogP contribution in [0.15, 0.2) is 0 Å². The van der Waals surface area contributed by atoms with Gasteiger partial charge in [0.1, 0.15) is 0 Å². The predicted octanol–water partition coefficient (Wildman–Crippen LogP) is 4.35. The molecule has 3 aliphatic heterocycles. The number of hydrogen-bond acceptors (Lipinski definition) is 3. The third-order valence-electron chi connectivity index (χ3n) is 7.34. The highest BCUT2D eigenvalue weighted by molar-refractivity contribution is 4.95.